The second-order valence-electron chi connectivity index (χ2n) is 1.15. The Morgan fingerprint density at radius 3 is 1.58 bits per heavy atom. The van der Waals surface area contributed by atoms with Crippen molar-refractivity contribution in [2.45, 2.75) is 0 Å². The minimum absolute atomic E-state index is 0. The molecule has 2 atom stereocenters. The molecule has 72 valence electrons. The second-order valence-corrected chi connectivity index (χ2v) is 4.56. The summed E-state index contributed by atoms with van der Waals surface area (Å²) in [5.41, 5.74) is 0. The summed E-state index contributed by atoms with van der Waals surface area (Å²) >= 11 is 0. The molecule has 0 spiro atoms. The molecule has 0 amide bonds. The van der Waals surface area contributed by atoms with Gasteiger partial charge in [-0.3, -0.25) is 4.31 Å². The van der Waals surface area contributed by atoms with Crippen molar-refractivity contribution in [3.63, 3.8) is 0 Å². The maximum atomic E-state index is 10.2. The van der Waals surface area contributed by atoms with Gasteiger partial charge in [-0.15, -0.1) is 0 Å². The van der Waals surface area contributed by atoms with Crippen LogP contribution in [0.5, 0.6) is 0 Å². The van der Waals surface area contributed by atoms with E-state index in [0.717, 1.165) is 0 Å². The van der Waals surface area contributed by atoms with Crippen LogP contribution in [0.2, 0.25) is 0 Å². The second kappa shape index (κ2) is 7.56. The van der Waals surface area contributed by atoms with Crippen LogP contribution in [-0.2, 0) is 17.8 Å². The van der Waals surface area contributed by atoms with Crippen LogP contribution in [-0.4, -0.2) is 66.1 Å². The van der Waals surface area contributed by atoms with Gasteiger partial charge < -0.3 is 20.8 Å². The van der Waals surface area contributed by atoms with E-state index < -0.39 is 15.6 Å². The van der Waals surface area contributed by atoms with Crippen molar-refractivity contribution in [3.8, 4) is 0 Å². The molecule has 0 aromatic carbocycles. The Bertz CT molecular complexity index is 197. The molecule has 0 aliphatic heterocycles. The SMILES string of the molecule is N.O=P(O)(O)OP(=O)(O)OP.[KH]. The fourth-order valence-corrected chi connectivity index (χ4v) is 1.73. The third-order valence-corrected chi connectivity index (χ3v) is 3.08. The Morgan fingerprint density at radius 2 is 1.50 bits per heavy atom. The standard InChI is InChI=1S/K.H3N.H5O7P3.H/c;;1-9(2,3)7-10(4,5)6-8;/h;1H3;8H2,(H,4,5)(H2,1,2,3);. The van der Waals surface area contributed by atoms with E-state index in [0.29, 0.717) is 0 Å². The molecule has 8 nitrogen and oxygen atoms in total. The van der Waals surface area contributed by atoms with Crippen molar-refractivity contribution in [3.05, 3.63) is 0 Å². The minimum atomic E-state index is -4.96. The zero-order chi connectivity index (χ0) is 8.41. The van der Waals surface area contributed by atoms with Gasteiger partial charge in [0.25, 0.3) is 0 Å². The average molecular weight is 267 g/mol. The summed E-state index contributed by atoms with van der Waals surface area (Å²) < 4.78 is 27.0. The van der Waals surface area contributed by atoms with Crippen molar-refractivity contribution >= 4 is 76.5 Å². The van der Waals surface area contributed by atoms with Crippen molar-refractivity contribution in [1.29, 1.82) is 0 Å². The van der Waals surface area contributed by atoms with Gasteiger partial charge in [-0.25, -0.2) is 9.13 Å². The topological polar surface area (TPSA) is 148 Å². The first-order chi connectivity index (χ1) is 4.27. The van der Waals surface area contributed by atoms with Crippen LogP contribution in [0.4, 0.5) is 0 Å². The number of rotatable bonds is 3. The summed E-state index contributed by atoms with van der Waals surface area (Å²) in [6.07, 6.45) is 0. The monoisotopic (exact) mass is 267 g/mol. The van der Waals surface area contributed by atoms with Crippen molar-refractivity contribution in [2.24, 2.45) is 0 Å². The Morgan fingerprint density at radius 1 is 1.17 bits per heavy atom. The number of phosphoric acid groups is 2. The van der Waals surface area contributed by atoms with Gasteiger partial charge in [0, 0.05) is 9.47 Å². The molecule has 0 heterocycles. The van der Waals surface area contributed by atoms with E-state index in [1.54, 1.807) is 0 Å². The number of hydrogen-bond donors (Lipinski definition) is 4. The van der Waals surface area contributed by atoms with Gasteiger partial charge in [0.1, 0.15) is 0 Å². The third kappa shape index (κ3) is 12.3. The van der Waals surface area contributed by atoms with Crippen LogP contribution >= 0.6 is 25.1 Å². The van der Waals surface area contributed by atoms with Gasteiger partial charge in [-0.2, -0.15) is 4.31 Å². The molecule has 0 aliphatic rings. The molecular weight excluding hydrogens is 258 g/mol. The summed E-state index contributed by atoms with van der Waals surface area (Å²) in [6, 6.07) is 0. The zero-order valence-corrected chi connectivity index (χ0v) is 8.10. The Kier molecular flexibility index (Phi) is 12.5. The number of hydrogen-bond acceptors (Lipinski definition) is 5. The molecule has 0 aromatic rings. The Hall–Kier alpha value is 2.29. The summed E-state index contributed by atoms with van der Waals surface area (Å²) in [4.78, 5) is 24.2. The summed E-state index contributed by atoms with van der Waals surface area (Å²) in [6.45, 7) is 0. The van der Waals surface area contributed by atoms with Crippen LogP contribution in [0.1, 0.15) is 0 Å². The fourth-order valence-electron chi connectivity index (χ4n) is 0.154. The normalized spacial score (nSPS) is 15.3. The van der Waals surface area contributed by atoms with Crippen LogP contribution in [0, 0.1) is 0 Å². The molecule has 0 radical (unpaired) electrons. The first-order valence-corrected chi connectivity index (χ1v) is 5.25. The van der Waals surface area contributed by atoms with Crippen molar-refractivity contribution in [1.82, 2.24) is 6.15 Å². The van der Waals surface area contributed by atoms with E-state index in [4.69, 9.17) is 14.7 Å². The molecule has 0 saturated carbocycles. The molecular formula is H9KNO7P3. The van der Waals surface area contributed by atoms with Gasteiger partial charge >= 0.3 is 67.0 Å². The van der Waals surface area contributed by atoms with Crippen LogP contribution in [0.15, 0.2) is 0 Å². The summed E-state index contributed by atoms with van der Waals surface area (Å²) in [7, 11) is -8.20. The van der Waals surface area contributed by atoms with E-state index in [1.807, 2.05) is 0 Å². The van der Waals surface area contributed by atoms with E-state index in [2.05, 4.69) is 8.62 Å². The van der Waals surface area contributed by atoms with Gasteiger partial charge in [-0.05, 0) is 0 Å². The van der Waals surface area contributed by atoms with E-state index in [-0.39, 0.29) is 57.5 Å². The molecule has 0 fully saturated rings. The summed E-state index contributed by atoms with van der Waals surface area (Å²) in [5, 5.41) is 0. The van der Waals surface area contributed by atoms with Crippen molar-refractivity contribution < 1.29 is 32.4 Å². The zero-order valence-electron chi connectivity index (χ0n) is 5.15. The molecule has 0 rings (SSSR count). The molecule has 0 bridgehead atoms. The average Bonchev–Trinajstić information content (AvgIpc) is 1.60. The van der Waals surface area contributed by atoms with Gasteiger partial charge in [0.05, 0.1) is 0 Å². The van der Waals surface area contributed by atoms with Crippen LogP contribution in [0.25, 0.3) is 0 Å². The van der Waals surface area contributed by atoms with Crippen LogP contribution in [0.3, 0.4) is 0 Å². The predicted octanol–water partition coefficient (Wildman–Crippen LogP) is -0.484. The maximum absolute atomic E-state index is 10.2. The predicted molar refractivity (Wildman–Crippen MR) is 45.9 cm³/mol. The van der Waals surface area contributed by atoms with Gasteiger partial charge in [0.2, 0.25) is 0 Å². The molecule has 2 unspecified atom stereocenters. The molecule has 6 N–H and O–H groups in total. The Labute approximate surface area is 114 Å². The van der Waals surface area contributed by atoms with Crippen molar-refractivity contribution in [2.75, 3.05) is 0 Å². The van der Waals surface area contributed by atoms with Crippen LogP contribution < -0.4 is 6.15 Å². The van der Waals surface area contributed by atoms with E-state index in [9.17, 15) is 9.13 Å². The van der Waals surface area contributed by atoms with E-state index in [1.165, 1.54) is 9.47 Å². The molecule has 12 heteroatoms. The third-order valence-electron chi connectivity index (χ3n) is 0.343. The first-order valence-electron chi connectivity index (χ1n) is 1.75. The molecule has 0 aromatic heterocycles. The van der Waals surface area contributed by atoms with E-state index >= 15 is 0 Å². The molecule has 0 aliphatic carbocycles. The first kappa shape index (κ1) is 19.8. The Balaban J connectivity index is -0.000000405. The van der Waals surface area contributed by atoms with Gasteiger partial charge in [0.15, 0.2) is 0 Å². The fraction of sp³-hybridized carbons (Fsp3) is 0. The molecule has 12 heavy (non-hydrogen) atoms. The molecule has 0 saturated heterocycles. The summed E-state index contributed by atoms with van der Waals surface area (Å²) in [5.74, 6) is 0. The quantitative estimate of drug-likeness (QED) is 0.395. The van der Waals surface area contributed by atoms with Gasteiger partial charge in [-0.1, -0.05) is 0 Å².